The zero-order valence-electron chi connectivity index (χ0n) is 17.2. The second-order valence-corrected chi connectivity index (χ2v) is 9.04. The molecule has 0 aromatic heterocycles. The van der Waals surface area contributed by atoms with Crippen molar-refractivity contribution >= 4 is 6.29 Å². The van der Waals surface area contributed by atoms with E-state index in [0.717, 1.165) is 37.1 Å². The quantitative estimate of drug-likeness (QED) is 0.738. The van der Waals surface area contributed by atoms with Crippen LogP contribution in [0.4, 0.5) is 0 Å². The van der Waals surface area contributed by atoms with Crippen molar-refractivity contribution in [1.29, 1.82) is 0 Å². The monoisotopic (exact) mass is 341 g/mol. The largest absolute Gasteiger partial charge is 0.396 e. The minimum atomic E-state index is 0.345. The van der Waals surface area contributed by atoms with Crippen LogP contribution in [0.15, 0.2) is 0 Å². The Labute approximate surface area is 151 Å². The maximum Gasteiger partial charge on any atom is 0.119 e. The number of hydrogen-bond donors (Lipinski definition) is 1. The van der Waals surface area contributed by atoms with E-state index in [1.165, 1.54) is 38.6 Å². The van der Waals surface area contributed by atoms with Crippen LogP contribution in [-0.2, 0) is 4.79 Å². The van der Waals surface area contributed by atoms with Crippen molar-refractivity contribution in [3.05, 3.63) is 0 Å². The number of likely N-dealkylation sites (tertiary alicyclic amines) is 1. The summed E-state index contributed by atoms with van der Waals surface area (Å²) in [5.41, 5.74) is 0.500. The Bertz CT molecular complexity index is 305. The molecule has 1 heterocycles. The van der Waals surface area contributed by atoms with E-state index >= 15 is 0 Å². The minimum absolute atomic E-state index is 0.345. The average Bonchev–Trinajstić information content (AvgIpc) is 2.51. The van der Waals surface area contributed by atoms with Gasteiger partial charge in [0.25, 0.3) is 0 Å². The van der Waals surface area contributed by atoms with Crippen LogP contribution >= 0.6 is 0 Å². The molecule has 0 amide bonds. The maximum absolute atomic E-state index is 9.17. The fraction of sp³-hybridized carbons (Fsp3) is 0.952. The fourth-order valence-corrected chi connectivity index (χ4v) is 3.49. The molecule has 24 heavy (non-hydrogen) atoms. The van der Waals surface area contributed by atoms with Gasteiger partial charge in [0.1, 0.15) is 6.29 Å². The minimum Gasteiger partial charge on any atom is -0.396 e. The third-order valence-corrected chi connectivity index (χ3v) is 4.57. The molecule has 1 aliphatic heterocycles. The summed E-state index contributed by atoms with van der Waals surface area (Å²) < 4.78 is 0. The van der Waals surface area contributed by atoms with E-state index in [9.17, 15) is 4.79 Å². The first-order valence-electron chi connectivity index (χ1n) is 10.0. The number of aliphatic hydroxyl groups excluding tert-OH is 1. The third-order valence-electron chi connectivity index (χ3n) is 4.57. The molecule has 1 saturated heterocycles. The molecule has 0 bridgehead atoms. The van der Waals surface area contributed by atoms with E-state index in [1.54, 1.807) is 0 Å². The van der Waals surface area contributed by atoms with Crippen LogP contribution < -0.4 is 0 Å². The molecule has 2 aliphatic rings. The van der Waals surface area contributed by atoms with Crippen LogP contribution in [0.25, 0.3) is 0 Å². The first-order valence-corrected chi connectivity index (χ1v) is 10.0. The highest BCUT2D eigenvalue weighted by Crippen LogP contribution is 2.38. The molecular weight excluding hydrogens is 298 g/mol. The lowest BCUT2D eigenvalue weighted by atomic mass is 9.73. The number of hydrogen-bond acceptors (Lipinski definition) is 3. The fourth-order valence-electron chi connectivity index (χ4n) is 3.49. The molecule has 144 valence electrons. The molecule has 0 aromatic rings. The van der Waals surface area contributed by atoms with Crippen molar-refractivity contribution in [2.24, 2.45) is 17.3 Å². The first-order chi connectivity index (χ1) is 11.2. The topological polar surface area (TPSA) is 40.5 Å². The Morgan fingerprint density at radius 3 is 2.08 bits per heavy atom. The van der Waals surface area contributed by atoms with Crippen LogP contribution in [0.3, 0.4) is 0 Å². The average molecular weight is 342 g/mol. The van der Waals surface area contributed by atoms with Crippen LogP contribution in [0.1, 0.15) is 86.5 Å². The van der Waals surface area contributed by atoms with E-state index in [2.05, 4.69) is 39.5 Å². The van der Waals surface area contributed by atoms with Gasteiger partial charge in [-0.15, -0.1) is 0 Å². The van der Waals surface area contributed by atoms with E-state index < -0.39 is 0 Å². The van der Waals surface area contributed by atoms with Crippen molar-refractivity contribution in [3.63, 3.8) is 0 Å². The van der Waals surface area contributed by atoms with Gasteiger partial charge in [-0.05, 0) is 43.4 Å². The Hall–Kier alpha value is -0.410. The number of fused-ring (bicyclic) bond motifs is 1. The van der Waals surface area contributed by atoms with Gasteiger partial charge in [0, 0.05) is 32.2 Å². The normalized spacial score (nSPS) is 27.0. The number of aliphatic hydroxyl groups is 1. The van der Waals surface area contributed by atoms with E-state index in [0.29, 0.717) is 18.4 Å². The number of carbonyl (C=O) groups is 1. The number of aldehydes is 1. The lowest BCUT2D eigenvalue weighted by Gasteiger charge is -2.45. The lowest BCUT2D eigenvalue weighted by molar-refractivity contribution is -0.107. The Balaban J connectivity index is 0.000000492. The molecular formula is C21H43NO2. The van der Waals surface area contributed by atoms with E-state index in [4.69, 9.17) is 5.11 Å². The molecule has 1 aliphatic carbocycles. The molecule has 3 atom stereocenters. The molecule has 0 spiro atoms. The molecule has 1 N–H and O–H groups in total. The zero-order valence-corrected chi connectivity index (χ0v) is 17.2. The van der Waals surface area contributed by atoms with Crippen molar-refractivity contribution in [3.8, 4) is 0 Å². The predicted octanol–water partition coefficient (Wildman–Crippen LogP) is 4.92. The summed E-state index contributed by atoms with van der Waals surface area (Å²) in [6.07, 6.45) is 9.70. The van der Waals surface area contributed by atoms with E-state index in [-0.39, 0.29) is 0 Å². The summed E-state index contributed by atoms with van der Waals surface area (Å²) in [6.45, 7) is 15.7. The second kappa shape index (κ2) is 12.9. The van der Waals surface area contributed by atoms with Gasteiger partial charge in [0.05, 0.1) is 0 Å². The smallest absolute Gasteiger partial charge is 0.119 e. The Morgan fingerprint density at radius 1 is 1.12 bits per heavy atom. The van der Waals surface area contributed by atoms with Gasteiger partial charge in [-0.3, -0.25) is 0 Å². The van der Waals surface area contributed by atoms with Crippen LogP contribution in [0, 0.1) is 17.3 Å². The maximum atomic E-state index is 9.17. The standard InChI is InChI=1S/C13H25NO.C5H12.C3H6O/c1-11-9-12-5-2-3-6-13(12)10-14(11)7-4-8-15;1-5(2,3)4;1-2-3-4/h11-13,15H,2-10H2,1H3;1-4H3;3H,2H2,1H3. The number of nitrogens with zero attached hydrogens (tertiary/aromatic N) is 1. The first kappa shape index (κ1) is 23.6. The van der Waals surface area contributed by atoms with Crippen LogP contribution in [-0.4, -0.2) is 42.0 Å². The summed E-state index contributed by atoms with van der Waals surface area (Å²) in [5, 5.41) is 8.89. The van der Waals surface area contributed by atoms with Gasteiger partial charge in [0.15, 0.2) is 0 Å². The van der Waals surface area contributed by atoms with Gasteiger partial charge in [-0.1, -0.05) is 53.9 Å². The molecule has 0 radical (unpaired) electrons. The predicted molar refractivity (Wildman–Crippen MR) is 104 cm³/mol. The number of rotatable bonds is 4. The zero-order chi connectivity index (χ0) is 18.6. The van der Waals surface area contributed by atoms with Gasteiger partial charge < -0.3 is 14.8 Å². The van der Waals surface area contributed by atoms with Crippen LogP contribution in [0.5, 0.6) is 0 Å². The van der Waals surface area contributed by atoms with Gasteiger partial charge >= 0.3 is 0 Å². The molecule has 3 unspecified atom stereocenters. The summed E-state index contributed by atoms with van der Waals surface area (Å²) in [5.74, 6) is 1.98. The number of piperidine rings is 1. The summed E-state index contributed by atoms with van der Waals surface area (Å²) in [7, 11) is 0. The van der Waals surface area contributed by atoms with Gasteiger partial charge in [0.2, 0.25) is 0 Å². The third kappa shape index (κ3) is 12.0. The SMILES string of the molecule is CC(C)(C)C.CC1CC2CCCCC2CN1CCCO.CCC=O. The summed E-state index contributed by atoms with van der Waals surface area (Å²) in [4.78, 5) is 11.8. The molecule has 1 saturated carbocycles. The lowest BCUT2D eigenvalue weighted by Crippen LogP contribution is -2.47. The molecule has 3 nitrogen and oxygen atoms in total. The van der Waals surface area contributed by atoms with E-state index in [1.807, 2.05) is 6.92 Å². The van der Waals surface area contributed by atoms with Crippen molar-refractivity contribution in [2.45, 2.75) is 92.5 Å². The van der Waals surface area contributed by atoms with Gasteiger partial charge in [-0.25, -0.2) is 0 Å². The number of carbonyl (C=O) groups excluding carboxylic acids is 1. The van der Waals surface area contributed by atoms with Crippen LogP contribution in [0.2, 0.25) is 0 Å². The summed E-state index contributed by atoms with van der Waals surface area (Å²) in [6, 6.07) is 0.746. The second-order valence-electron chi connectivity index (χ2n) is 9.04. The van der Waals surface area contributed by atoms with Crippen molar-refractivity contribution in [1.82, 2.24) is 4.90 Å². The molecule has 2 fully saturated rings. The molecule has 0 aromatic carbocycles. The highest BCUT2D eigenvalue weighted by Gasteiger charge is 2.34. The highest BCUT2D eigenvalue weighted by molar-refractivity contribution is 5.48. The molecule has 3 heteroatoms. The highest BCUT2D eigenvalue weighted by atomic mass is 16.3. The van der Waals surface area contributed by atoms with Gasteiger partial charge in [-0.2, -0.15) is 0 Å². The van der Waals surface area contributed by atoms with Crippen molar-refractivity contribution < 1.29 is 9.90 Å². The summed E-state index contributed by atoms with van der Waals surface area (Å²) >= 11 is 0. The Morgan fingerprint density at radius 2 is 1.62 bits per heavy atom. The Kier molecular flexibility index (Phi) is 12.7. The molecule has 2 rings (SSSR count). The van der Waals surface area contributed by atoms with Crippen molar-refractivity contribution in [2.75, 3.05) is 19.7 Å².